The maximum atomic E-state index is 14.1. The molecule has 8 N–H and O–H groups in total. The zero-order chi connectivity index (χ0) is 38.3. The minimum atomic E-state index is -5.13. The number of benzene rings is 2. The van der Waals surface area contributed by atoms with E-state index in [1.807, 2.05) is 0 Å². The Kier molecular flexibility index (Phi) is 9.10. The highest BCUT2D eigenvalue weighted by molar-refractivity contribution is 7.80. The number of aliphatic hydroxyl groups excluding tert-OH is 2. The van der Waals surface area contributed by atoms with Gasteiger partial charge >= 0.3 is 12.4 Å². The normalized spacial score (nSPS) is 23.5. The summed E-state index contributed by atoms with van der Waals surface area (Å²) < 4.78 is 80.4. The first-order valence-electron chi connectivity index (χ1n) is 15.0. The molecule has 0 spiro atoms. The Labute approximate surface area is 290 Å². The molecule has 0 aliphatic heterocycles. The number of amides is 1. The molecule has 4 atom stereocenters. The number of hydrogen-bond donors (Lipinski definition) is 7. The lowest BCUT2D eigenvalue weighted by Crippen LogP contribution is -2.65. The Hall–Kier alpha value is -4.88. The predicted octanol–water partition coefficient (Wildman–Crippen LogP) is 3.88. The summed E-state index contributed by atoms with van der Waals surface area (Å²) in [7, 11) is 6.11. The van der Waals surface area contributed by atoms with Crippen LogP contribution in [-0.2, 0) is 33.2 Å². The van der Waals surface area contributed by atoms with Crippen molar-refractivity contribution < 1.29 is 61.2 Å². The molecular formula is C32H31F6N5O7S. The van der Waals surface area contributed by atoms with Crippen LogP contribution >= 0.6 is 12.2 Å². The molecule has 0 saturated heterocycles. The van der Waals surface area contributed by atoms with E-state index in [1.165, 1.54) is 25.1 Å². The molecule has 0 radical (unpaired) electrons. The second-order valence-corrected chi connectivity index (χ2v) is 13.3. The molecule has 0 aromatic heterocycles. The lowest BCUT2D eigenvalue weighted by Gasteiger charge is -2.50. The molecule has 1 fully saturated rings. The summed E-state index contributed by atoms with van der Waals surface area (Å²) in [6, 6.07) is 0.795. The first kappa shape index (κ1) is 37.4. The van der Waals surface area contributed by atoms with Gasteiger partial charge in [0.2, 0.25) is 5.78 Å². The van der Waals surface area contributed by atoms with E-state index in [1.54, 1.807) is 19.0 Å². The highest BCUT2D eigenvalue weighted by atomic mass is 32.1. The van der Waals surface area contributed by atoms with Crippen molar-refractivity contribution in [1.29, 1.82) is 0 Å². The molecule has 51 heavy (non-hydrogen) atoms. The zero-order valence-electron chi connectivity index (χ0n) is 27.1. The number of carbonyl (C=O) groups excluding carboxylic acids is 3. The molecule has 2 aromatic carbocycles. The van der Waals surface area contributed by atoms with Crippen LogP contribution in [0.25, 0.3) is 5.76 Å². The van der Waals surface area contributed by atoms with Crippen molar-refractivity contribution >= 4 is 57.6 Å². The average molecular weight is 744 g/mol. The summed E-state index contributed by atoms with van der Waals surface area (Å²) in [5.74, 6) is -8.59. The van der Waals surface area contributed by atoms with Gasteiger partial charge in [0, 0.05) is 37.0 Å². The van der Waals surface area contributed by atoms with Crippen molar-refractivity contribution in [2.45, 2.75) is 36.8 Å². The molecule has 19 heteroatoms. The molecule has 2 aromatic rings. The third-order valence-corrected chi connectivity index (χ3v) is 9.48. The number of fused-ring (bicyclic) bond motifs is 3. The van der Waals surface area contributed by atoms with Crippen LogP contribution in [0.5, 0.6) is 5.75 Å². The minimum absolute atomic E-state index is 0.0525. The van der Waals surface area contributed by atoms with E-state index in [0.717, 1.165) is 0 Å². The van der Waals surface area contributed by atoms with Gasteiger partial charge in [-0.15, -0.1) is 0 Å². The van der Waals surface area contributed by atoms with E-state index in [2.05, 4.69) is 10.6 Å². The number of phenolic OH excluding ortho intramolecular Hbond substituents is 1. The number of hydrogen-bond acceptors (Lipinski definition) is 10. The third-order valence-electron chi connectivity index (χ3n) is 9.27. The monoisotopic (exact) mass is 743 g/mol. The van der Waals surface area contributed by atoms with E-state index >= 15 is 0 Å². The number of thiocarbonyl (C=S) groups is 1. The van der Waals surface area contributed by atoms with Crippen molar-refractivity contribution in [3.05, 3.63) is 63.4 Å². The molecule has 0 bridgehead atoms. The number of alkyl halides is 6. The van der Waals surface area contributed by atoms with Gasteiger partial charge < -0.3 is 41.7 Å². The molecule has 3 aliphatic carbocycles. The second-order valence-electron chi connectivity index (χ2n) is 12.9. The second kappa shape index (κ2) is 12.4. The fourth-order valence-corrected chi connectivity index (χ4v) is 7.33. The number of phenols is 1. The van der Waals surface area contributed by atoms with Crippen LogP contribution in [0.15, 0.2) is 41.2 Å². The highest BCUT2D eigenvalue weighted by Gasteiger charge is 2.64. The van der Waals surface area contributed by atoms with Gasteiger partial charge in [0.1, 0.15) is 22.8 Å². The van der Waals surface area contributed by atoms with Crippen LogP contribution in [0.2, 0.25) is 0 Å². The summed E-state index contributed by atoms with van der Waals surface area (Å²) >= 11 is 5.15. The van der Waals surface area contributed by atoms with E-state index in [-0.39, 0.29) is 30.2 Å². The Bertz CT molecular complexity index is 1930. The number of nitrogens with one attached hydrogen (secondary N) is 2. The highest BCUT2D eigenvalue weighted by Crippen LogP contribution is 2.54. The van der Waals surface area contributed by atoms with Crippen LogP contribution < -0.4 is 21.3 Å². The molecule has 274 valence electrons. The molecule has 5 rings (SSSR count). The maximum Gasteiger partial charge on any atom is 0.416 e. The minimum Gasteiger partial charge on any atom is -0.508 e. The number of nitrogens with two attached hydrogens (primary N) is 1. The Morgan fingerprint density at radius 3 is 2.02 bits per heavy atom. The van der Waals surface area contributed by atoms with Gasteiger partial charge in [-0.05, 0) is 74.9 Å². The summed E-state index contributed by atoms with van der Waals surface area (Å²) in [4.78, 5) is 42.6. The zero-order valence-corrected chi connectivity index (χ0v) is 27.9. The molecule has 0 unspecified atom stereocenters. The Morgan fingerprint density at radius 1 is 0.961 bits per heavy atom. The van der Waals surface area contributed by atoms with Crippen LogP contribution in [0.4, 0.5) is 43.4 Å². The summed E-state index contributed by atoms with van der Waals surface area (Å²) in [6.07, 6.45) is -10.5. The van der Waals surface area contributed by atoms with Crippen molar-refractivity contribution in [3.8, 4) is 5.75 Å². The van der Waals surface area contributed by atoms with Crippen molar-refractivity contribution in [3.63, 3.8) is 0 Å². The van der Waals surface area contributed by atoms with Gasteiger partial charge in [-0.1, -0.05) is 0 Å². The smallest absolute Gasteiger partial charge is 0.416 e. The van der Waals surface area contributed by atoms with Gasteiger partial charge in [0.15, 0.2) is 16.5 Å². The van der Waals surface area contributed by atoms with Gasteiger partial charge in [0.05, 0.1) is 28.4 Å². The summed E-state index contributed by atoms with van der Waals surface area (Å²) in [5, 5.41) is 50.0. The molecule has 1 amide bonds. The van der Waals surface area contributed by atoms with E-state index < -0.39 is 104 Å². The largest absolute Gasteiger partial charge is 0.508 e. The number of Topliss-reactive ketones (excluding diaryl/α,β-unsaturated/α-hetero) is 2. The summed E-state index contributed by atoms with van der Waals surface area (Å²) in [6.45, 7) is 0. The fourth-order valence-electron chi connectivity index (χ4n) is 7.10. The average Bonchev–Trinajstić information content (AvgIpc) is 2.98. The maximum absolute atomic E-state index is 14.1. The van der Waals surface area contributed by atoms with Gasteiger partial charge in [-0.2, -0.15) is 26.3 Å². The fraction of sp³-hybridized carbons (Fsp3) is 0.375. The SMILES string of the molecule is CN(C)c1cc(NC(=S)Nc2cc(C(F)(F)F)cc(C(F)(F)F)c2)c(O)c2c1C[C@@H]1C[C@H]3[C@H](N(C)C)C(=O)C(C(N)=O)=C(O)[C@@]3(O)C(=O)C1=C2O. The molecule has 0 heterocycles. The molecular weight excluding hydrogens is 712 g/mol. The number of halogens is 6. The third kappa shape index (κ3) is 6.12. The van der Waals surface area contributed by atoms with Crippen molar-refractivity contribution in [1.82, 2.24) is 4.90 Å². The predicted molar refractivity (Wildman–Crippen MR) is 175 cm³/mol. The lowest BCUT2D eigenvalue weighted by molar-refractivity contribution is -0.153. The number of likely N-dealkylation sites (N-methyl/N-ethyl adjacent to an activating group) is 1. The number of nitrogens with zero attached hydrogens (tertiary/aromatic N) is 2. The number of aliphatic hydroxyl groups is 3. The quantitative estimate of drug-likeness (QED) is 0.102. The number of ketones is 2. The van der Waals surface area contributed by atoms with Crippen LogP contribution in [0.3, 0.4) is 0 Å². The van der Waals surface area contributed by atoms with Gasteiger partial charge in [-0.3, -0.25) is 19.3 Å². The first-order valence-corrected chi connectivity index (χ1v) is 15.4. The number of carbonyl (C=O) groups is 3. The lowest BCUT2D eigenvalue weighted by atomic mass is 9.57. The molecule has 12 nitrogen and oxygen atoms in total. The van der Waals surface area contributed by atoms with Gasteiger partial charge in [0.25, 0.3) is 5.91 Å². The van der Waals surface area contributed by atoms with E-state index in [4.69, 9.17) is 18.0 Å². The van der Waals surface area contributed by atoms with E-state index in [9.17, 15) is 61.2 Å². The van der Waals surface area contributed by atoms with Gasteiger partial charge in [-0.25, -0.2) is 0 Å². The topological polar surface area (TPSA) is 189 Å². The Balaban J connectivity index is 1.60. The number of rotatable bonds is 5. The standard InChI is InChI=1S/C32H31F6N5O7S/c1-42(2)18-10-17(41-29(51)40-14-8-12(31(33,34)35)7-13(9-14)32(36,37)38)23(44)20-15(18)5-11-6-16-22(43(3)4)25(46)21(28(39)49)27(48)30(16,50)26(47)19(11)24(20)45/h7-11,16,22,44-45,48,50H,5-6H2,1-4H3,(H2,39,49)(H2,40,41,51)/t11-,16+,22+,30+/m1/s1. The number of anilines is 3. The number of aromatic hydroxyl groups is 1. The molecule has 3 aliphatic rings. The van der Waals surface area contributed by atoms with Crippen LogP contribution in [-0.4, -0.2) is 87.7 Å². The van der Waals surface area contributed by atoms with Crippen LogP contribution in [0, 0.1) is 11.8 Å². The number of primary amides is 1. The molecule has 1 saturated carbocycles. The van der Waals surface area contributed by atoms with Crippen molar-refractivity contribution in [2.24, 2.45) is 17.6 Å². The van der Waals surface area contributed by atoms with Crippen LogP contribution in [0.1, 0.15) is 28.7 Å². The Morgan fingerprint density at radius 2 is 1.53 bits per heavy atom. The van der Waals surface area contributed by atoms with Crippen molar-refractivity contribution in [2.75, 3.05) is 43.7 Å². The first-order chi connectivity index (χ1) is 23.4. The van der Waals surface area contributed by atoms with E-state index in [0.29, 0.717) is 23.4 Å². The summed E-state index contributed by atoms with van der Waals surface area (Å²) in [5.41, 5.74) is -2.87.